The van der Waals surface area contributed by atoms with Gasteiger partial charge in [-0.3, -0.25) is 9.59 Å². The van der Waals surface area contributed by atoms with Crippen molar-refractivity contribution < 1.29 is 4.79 Å². The highest BCUT2D eigenvalue weighted by Gasteiger charge is 2.25. The van der Waals surface area contributed by atoms with Crippen LogP contribution in [-0.4, -0.2) is 33.9 Å². The van der Waals surface area contributed by atoms with E-state index in [-0.39, 0.29) is 17.4 Å². The van der Waals surface area contributed by atoms with Gasteiger partial charge in [0, 0.05) is 19.0 Å². The van der Waals surface area contributed by atoms with E-state index in [1.54, 1.807) is 6.07 Å². The molecule has 1 aliphatic carbocycles. The van der Waals surface area contributed by atoms with Crippen molar-refractivity contribution in [1.82, 2.24) is 14.9 Å². The van der Waals surface area contributed by atoms with Crippen molar-refractivity contribution in [3.05, 3.63) is 80.4 Å². The van der Waals surface area contributed by atoms with Gasteiger partial charge in [0.25, 0.3) is 11.5 Å². The van der Waals surface area contributed by atoms with Crippen LogP contribution in [0.5, 0.6) is 0 Å². The molecular weight excluding hydrogens is 446 g/mol. The van der Waals surface area contributed by atoms with E-state index in [1.165, 1.54) is 24.8 Å². The van der Waals surface area contributed by atoms with Gasteiger partial charge in [0.15, 0.2) is 0 Å². The number of carbonyl (C=O) groups excluding carboxylic acids is 1. The van der Waals surface area contributed by atoms with Crippen LogP contribution in [0.2, 0.25) is 5.02 Å². The number of hydrogen-bond donors (Lipinski definition) is 1. The minimum atomic E-state index is -0.104. The number of likely N-dealkylation sites (tertiary alicyclic amines) is 1. The summed E-state index contributed by atoms with van der Waals surface area (Å²) in [6, 6.07) is 13.2. The van der Waals surface area contributed by atoms with Crippen LogP contribution in [0.25, 0.3) is 17.0 Å². The lowest BCUT2D eigenvalue weighted by Crippen LogP contribution is -2.32. The number of fused-ring (bicyclic) bond motifs is 1. The average molecular weight is 476 g/mol. The molecule has 5 nitrogen and oxygen atoms in total. The molecule has 2 fully saturated rings. The van der Waals surface area contributed by atoms with E-state index in [0.717, 1.165) is 43.5 Å². The Kier molecular flexibility index (Phi) is 6.82. The Morgan fingerprint density at radius 2 is 1.85 bits per heavy atom. The summed E-state index contributed by atoms with van der Waals surface area (Å²) in [5, 5.41) is 1.12. The molecule has 1 unspecified atom stereocenters. The molecule has 6 heteroatoms. The number of carbonyl (C=O) groups is 1. The number of hydrogen-bond acceptors (Lipinski definition) is 3. The summed E-state index contributed by atoms with van der Waals surface area (Å²) in [5.74, 6) is 0.814. The minimum absolute atomic E-state index is 0.0255. The second-order valence-electron chi connectivity index (χ2n) is 9.49. The fraction of sp³-hybridized carbons (Fsp3) is 0.393. The first-order valence-electron chi connectivity index (χ1n) is 12.4. The summed E-state index contributed by atoms with van der Waals surface area (Å²) in [7, 11) is 0. The first-order chi connectivity index (χ1) is 16.6. The maximum atomic E-state index is 13.3. The van der Waals surface area contributed by atoms with Gasteiger partial charge in [-0.05, 0) is 74.8 Å². The lowest BCUT2D eigenvalue weighted by Gasteiger charge is -2.21. The quantitative estimate of drug-likeness (QED) is 0.481. The number of aromatic nitrogens is 2. The van der Waals surface area contributed by atoms with E-state index in [4.69, 9.17) is 16.6 Å². The standard InChI is InChI=1S/C28H30ClN3O2/c29-24-18-20(17-19-7-2-1-3-8-19)12-13-22(24)28(34)32-15-6-9-21(14-16-32)26-30-25-11-5-4-10-23(25)27(33)31-26/h4-5,10-13,17-18,21H,1-3,6-9,14-16H2,(H,30,31,33). The molecule has 1 saturated carbocycles. The molecule has 0 spiro atoms. The van der Waals surface area contributed by atoms with Crippen LogP contribution < -0.4 is 5.56 Å². The number of aromatic amines is 1. The van der Waals surface area contributed by atoms with Gasteiger partial charge in [-0.2, -0.15) is 0 Å². The molecular formula is C28H30ClN3O2. The van der Waals surface area contributed by atoms with Crippen molar-refractivity contribution in [2.24, 2.45) is 0 Å². The van der Waals surface area contributed by atoms with Gasteiger partial charge in [0.05, 0.1) is 21.5 Å². The highest BCUT2D eigenvalue weighted by Crippen LogP contribution is 2.29. The third-order valence-electron chi connectivity index (χ3n) is 7.12. The molecule has 1 aliphatic heterocycles. The van der Waals surface area contributed by atoms with Gasteiger partial charge in [-0.15, -0.1) is 0 Å². The van der Waals surface area contributed by atoms with Gasteiger partial charge in [0.2, 0.25) is 0 Å². The second kappa shape index (κ2) is 10.1. The van der Waals surface area contributed by atoms with Crippen LogP contribution in [0.1, 0.15) is 79.0 Å². The number of nitrogens with one attached hydrogen (secondary N) is 1. The van der Waals surface area contributed by atoms with Crippen molar-refractivity contribution in [2.45, 2.75) is 57.3 Å². The van der Waals surface area contributed by atoms with Crippen LogP contribution in [0, 0.1) is 0 Å². The zero-order valence-corrected chi connectivity index (χ0v) is 20.1. The summed E-state index contributed by atoms with van der Waals surface area (Å²) in [5.41, 5.74) is 3.71. The molecule has 2 aromatic carbocycles. The smallest absolute Gasteiger partial charge is 0.258 e. The van der Waals surface area contributed by atoms with Crippen molar-refractivity contribution in [3.63, 3.8) is 0 Å². The summed E-state index contributed by atoms with van der Waals surface area (Å²) in [4.78, 5) is 35.4. The number of amides is 1. The van der Waals surface area contributed by atoms with Crippen LogP contribution in [0.4, 0.5) is 0 Å². The number of nitrogens with zero attached hydrogens (tertiary/aromatic N) is 2. The van der Waals surface area contributed by atoms with Gasteiger partial charge < -0.3 is 9.88 Å². The molecule has 176 valence electrons. The van der Waals surface area contributed by atoms with E-state index in [0.29, 0.717) is 34.6 Å². The Hall–Kier alpha value is -2.92. The van der Waals surface area contributed by atoms with Crippen LogP contribution >= 0.6 is 11.6 Å². The summed E-state index contributed by atoms with van der Waals surface area (Å²) >= 11 is 6.57. The highest BCUT2D eigenvalue weighted by molar-refractivity contribution is 6.34. The van der Waals surface area contributed by atoms with Crippen molar-refractivity contribution in [3.8, 4) is 0 Å². The first-order valence-corrected chi connectivity index (χ1v) is 12.7. The van der Waals surface area contributed by atoms with E-state index in [1.807, 2.05) is 41.3 Å². The molecule has 34 heavy (non-hydrogen) atoms. The number of H-pyrrole nitrogens is 1. The van der Waals surface area contributed by atoms with Gasteiger partial charge >= 0.3 is 0 Å². The molecule has 1 amide bonds. The van der Waals surface area contributed by atoms with Gasteiger partial charge in [-0.25, -0.2) is 4.98 Å². The van der Waals surface area contributed by atoms with Crippen molar-refractivity contribution >= 4 is 34.5 Å². The van der Waals surface area contributed by atoms with E-state index < -0.39 is 0 Å². The molecule has 1 N–H and O–H groups in total. The number of para-hydroxylation sites is 1. The molecule has 2 heterocycles. The largest absolute Gasteiger partial charge is 0.339 e. The van der Waals surface area contributed by atoms with Gasteiger partial charge in [-0.1, -0.05) is 47.9 Å². The lowest BCUT2D eigenvalue weighted by atomic mass is 9.93. The highest BCUT2D eigenvalue weighted by atomic mass is 35.5. The summed E-state index contributed by atoms with van der Waals surface area (Å²) < 4.78 is 0. The molecule has 1 aromatic heterocycles. The predicted molar refractivity (Wildman–Crippen MR) is 137 cm³/mol. The number of allylic oxidation sites excluding steroid dienone is 1. The van der Waals surface area contributed by atoms with Crippen LogP contribution in [0.3, 0.4) is 0 Å². The molecule has 3 aromatic rings. The number of rotatable bonds is 3. The van der Waals surface area contributed by atoms with Gasteiger partial charge in [0.1, 0.15) is 5.82 Å². The molecule has 2 aliphatic rings. The molecule has 1 saturated heterocycles. The number of benzene rings is 2. The Morgan fingerprint density at radius 3 is 2.68 bits per heavy atom. The Morgan fingerprint density at radius 1 is 1.03 bits per heavy atom. The van der Waals surface area contributed by atoms with Crippen molar-refractivity contribution in [1.29, 1.82) is 0 Å². The predicted octanol–water partition coefficient (Wildman–Crippen LogP) is 6.33. The first kappa shape index (κ1) is 22.9. The third-order valence-corrected chi connectivity index (χ3v) is 7.44. The third kappa shape index (κ3) is 4.95. The molecule has 5 rings (SSSR count). The number of halogens is 1. The zero-order valence-electron chi connectivity index (χ0n) is 19.4. The monoisotopic (exact) mass is 475 g/mol. The zero-order chi connectivity index (χ0) is 23.5. The molecule has 1 atom stereocenters. The maximum Gasteiger partial charge on any atom is 0.258 e. The van der Waals surface area contributed by atoms with E-state index in [2.05, 4.69) is 11.1 Å². The SMILES string of the molecule is O=C(c1ccc(C=C2CCCCC2)cc1Cl)N1CCCC(c2nc3ccccc3c(=O)[nH]2)CC1. The molecule has 0 bridgehead atoms. The van der Waals surface area contributed by atoms with E-state index in [9.17, 15) is 9.59 Å². The lowest BCUT2D eigenvalue weighted by molar-refractivity contribution is 0.0761. The second-order valence-corrected chi connectivity index (χ2v) is 9.90. The fourth-order valence-electron chi connectivity index (χ4n) is 5.22. The van der Waals surface area contributed by atoms with E-state index >= 15 is 0 Å². The Labute approximate surface area is 204 Å². The maximum absolute atomic E-state index is 13.3. The summed E-state index contributed by atoms with van der Waals surface area (Å²) in [6.07, 6.45) is 10.9. The fourth-order valence-corrected chi connectivity index (χ4v) is 5.49. The topological polar surface area (TPSA) is 66.1 Å². The summed E-state index contributed by atoms with van der Waals surface area (Å²) in [6.45, 7) is 1.29. The van der Waals surface area contributed by atoms with Crippen LogP contribution in [0.15, 0.2) is 52.8 Å². The molecule has 0 radical (unpaired) electrons. The Bertz CT molecular complexity index is 1290. The normalized spacial score (nSPS) is 19.1. The Balaban J connectivity index is 1.29. The van der Waals surface area contributed by atoms with Crippen LogP contribution in [-0.2, 0) is 0 Å². The van der Waals surface area contributed by atoms with Crippen molar-refractivity contribution in [2.75, 3.05) is 13.1 Å². The minimum Gasteiger partial charge on any atom is -0.339 e. The average Bonchev–Trinajstić information content (AvgIpc) is 3.11.